The zero-order chi connectivity index (χ0) is 18.0. The number of methoxy groups -OCH3 is 1. The highest BCUT2D eigenvalue weighted by molar-refractivity contribution is 6.16. The number of urea groups is 1. The molecule has 1 atom stereocenters. The summed E-state index contributed by atoms with van der Waals surface area (Å²) >= 11 is 0. The molecular weight excluding hydrogens is 320 g/mol. The Kier molecular flexibility index (Phi) is 4.52. The van der Waals surface area contributed by atoms with Crippen LogP contribution in [-0.4, -0.2) is 42.3 Å². The van der Waals surface area contributed by atoms with Gasteiger partial charge in [0, 0.05) is 5.69 Å². The lowest BCUT2D eigenvalue weighted by molar-refractivity contribution is -0.126. The minimum absolute atomic E-state index is 0.314. The van der Waals surface area contributed by atoms with Crippen molar-refractivity contribution in [2.45, 2.75) is 13.0 Å². The van der Waals surface area contributed by atoms with Crippen LogP contribution < -0.4 is 9.64 Å². The molecule has 0 spiro atoms. The average Bonchev–Trinajstić information content (AvgIpc) is 2.85. The third-order valence-corrected chi connectivity index (χ3v) is 4.19. The Morgan fingerprint density at radius 3 is 2.36 bits per heavy atom. The van der Waals surface area contributed by atoms with Crippen molar-refractivity contribution in [1.29, 1.82) is 0 Å². The molecular formula is C19H18N2O4. The number of ether oxygens (including phenoxy) is 1. The molecule has 0 radical (unpaired) electrons. The summed E-state index contributed by atoms with van der Waals surface area (Å²) in [5.41, 5.74) is 0.969. The van der Waals surface area contributed by atoms with Gasteiger partial charge in [0.25, 0.3) is 5.91 Å². The molecule has 6 heteroatoms. The molecule has 0 unspecified atom stereocenters. The second-order valence-electron chi connectivity index (χ2n) is 5.71. The minimum Gasteiger partial charge on any atom is -0.496 e. The molecule has 0 N–H and O–H groups in total. The van der Waals surface area contributed by atoms with Crippen LogP contribution >= 0.6 is 0 Å². The number of benzene rings is 2. The second-order valence-corrected chi connectivity index (χ2v) is 5.71. The van der Waals surface area contributed by atoms with E-state index >= 15 is 0 Å². The lowest BCUT2D eigenvalue weighted by Gasteiger charge is -2.19. The maximum atomic E-state index is 12.7. The monoisotopic (exact) mass is 338 g/mol. The van der Waals surface area contributed by atoms with E-state index in [9.17, 15) is 14.4 Å². The van der Waals surface area contributed by atoms with Gasteiger partial charge in [-0.05, 0) is 31.2 Å². The van der Waals surface area contributed by atoms with Gasteiger partial charge in [0.05, 0.1) is 19.2 Å². The molecule has 1 saturated heterocycles. The minimum atomic E-state index is -0.652. The van der Waals surface area contributed by atoms with Crippen molar-refractivity contribution in [3.63, 3.8) is 0 Å². The van der Waals surface area contributed by atoms with E-state index in [0.29, 0.717) is 17.0 Å². The number of ketones is 1. The first-order chi connectivity index (χ1) is 12.0. The number of anilines is 1. The number of rotatable bonds is 5. The van der Waals surface area contributed by atoms with E-state index in [-0.39, 0.29) is 12.3 Å². The van der Waals surface area contributed by atoms with Gasteiger partial charge in [0.1, 0.15) is 11.8 Å². The highest BCUT2D eigenvalue weighted by atomic mass is 16.5. The van der Waals surface area contributed by atoms with Gasteiger partial charge in [-0.1, -0.05) is 30.3 Å². The summed E-state index contributed by atoms with van der Waals surface area (Å²) in [5, 5.41) is 0. The maximum Gasteiger partial charge on any atom is 0.332 e. The molecule has 2 aromatic carbocycles. The van der Waals surface area contributed by atoms with E-state index in [1.807, 2.05) is 6.07 Å². The molecule has 0 aromatic heterocycles. The van der Waals surface area contributed by atoms with Crippen LogP contribution in [0.4, 0.5) is 10.5 Å². The third-order valence-electron chi connectivity index (χ3n) is 4.19. The smallest absolute Gasteiger partial charge is 0.332 e. The number of hydrogen-bond donors (Lipinski definition) is 0. The van der Waals surface area contributed by atoms with Gasteiger partial charge in [-0.15, -0.1) is 0 Å². The van der Waals surface area contributed by atoms with E-state index in [2.05, 4.69) is 0 Å². The number of Topliss-reactive ketones (excluding diaryl/α,β-unsaturated/α-hetero) is 1. The molecule has 0 saturated carbocycles. The number of carbonyl (C=O) groups is 3. The predicted molar refractivity (Wildman–Crippen MR) is 92.8 cm³/mol. The van der Waals surface area contributed by atoms with Gasteiger partial charge in [-0.2, -0.15) is 0 Å². The molecule has 25 heavy (non-hydrogen) atoms. The first kappa shape index (κ1) is 16.7. The Morgan fingerprint density at radius 1 is 1.04 bits per heavy atom. The Morgan fingerprint density at radius 2 is 1.68 bits per heavy atom. The molecule has 1 aliphatic heterocycles. The molecule has 3 rings (SSSR count). The topological polar surface area (TPSA) is 66.9 Å². The normalized spacial score (nSPS) is 17.1. The zero-order valence-electron chi connectivity index (χ0n) is 14.0. The van der Waals surface area contributed by atoms with Gasteiger partial charge in [0.15, 0.2) is 5.78 Å². The second kappa shape index (κ2) is 6.76. The number of hydrogen-bond acceptors (Lipinski definition) is 4. The van der Waals surface area contributed by atoms with Crippen LogP contribution in [0.15, 0.2) is 54.6 Å². The predicted octanol–water partition coefficient (Wildman–Crippen LogP) is 2.74. The standard InChI is InChI=1S/C19H18N2O4/c1-13-18(23)20(19(24)21(13)14-8-4-3-5-9-14)12-16(22)15-10-6-7-11-17(15)25-2/h3-11,13H,12H2,1-2H3/t13-/m1/s1. The summed E-state index contributed by atoms with van der Waals surface area (Å²) in [5.74, 6) is -0.321. The lowest BCUT2D eigenvalue weighted by atomic mass is 10.1. The number of nitrogens with zero attached hydrogens (tertiary/aromatic N) is 2. The number of carbonyl (C=O) groups excluding carboxylic acids is 3. The Labute approximate surface area is 145 Å². The van der Waals surface area contributed by atoms with Crippen molar-refractivity contribution in [1.82, 2.24) is 4.90 Å². The van der Waals surface area contributed by atoms with Gasteiger partial charge in [-0.25, -0.2) is 4.79 Å². The summed E-state index contributed by atoms with van der Waals surface area (Å²) in [4.78, 5) is 40.2. The molecule has 1 aliphatic rings. The summed E-state index contributed by atoms with van der Waals surface area (Å²) in [7, 11) is 1.47. The summed E-state index contributed by atoms with van der Waals surface area (Å²) in [6.45, 7) is 1.34. The van der Waals surface area contributed by atoms with Crippen LogP contribution in [0.5, 0.6) is 5.75 Å². The largest absolute Gasteiger partial charge is 0.496 e. The van der Waals surface area contributed by atoms with Crippen LogP contribution in [0.25, 0.3) is 0 Å². The van der Waals surface area contributed by atoms with Crippen molar-refractivity contribution in [2.24, 2.45) is 0 Å². The number of para-hydroxylation sites is 2. The van der Waals surface area contributed by atoms with E-state index in [1.54, 1.807) is 55.5 Å². The van der Waals surface area contributed by atoms with Gasteiger partial charge < -0.3 is 4.74 Å². The Balaban J connectivity index is 1.84. The molecule has 6 nitrogen and oxygen atoms in total. The molecule has 2 aromatic rings. The molecule has 1 heterocycles. The van der Waals surface area contributed by atoms with Crippen molar-refractivity contribution >= 4 is 23.4 Å². The Hall–Kier alpha value is -3.15. The van der Waals surface area contributed by atoms with Crippen LogP contribution in [0, 0.1) is 0 Å². The highest BCUT2D eigenvalue weighted by Gasteiger charge is 2.44. The summed E-state index contributed by atoms with van der Waals surface area (Å²) in [6, 6.07) is 14.5. The molecule has 1 fully saturated rings. The van der Waals surface area contributed by atoms with E-state index in [0.717, 1.165) is 4.90 Å². The van der Waals surface area contributed by atoms with Crippen LogP contribution in [0.1, 0.15) is 17.3 Å². The first-order valence-corrected chi connectivity index (χ1v) is 7.90. The molecule has 0 aliphatic carbocycles. The van der Waals surface area contributed by atoms with Crippen molar-refractivity contribution < 1.29 is 19.1 Å². The Bertz CT molecular complexity index is 819. The highest BCUT2D eigenvalue weighted by Crippen LogP contribution is 2.26. The van der Waals surface area contributed by atoms with Crippen LogP contribution in [0.3, 0.4) is 0 Å². The summed E-state index contributed by atoms with van der Waals surface area (Å²) in [6.07, 6.45) is 0. The van der Waals surface area contributed by atoms with Gasteiger partial charge in [0.2, 0.25) is 0 Å². The fraction of sp³-hybridized carbons (Fsp3) is 0.211. The van der Waals surface area contributed by atoms with Crippen LogP contribution in [0.2, 0.25) is 0 Å². The van der Waals surface area contributed by atoms with E-state index < -0.39 is 18.0 Å². The van der Waals surface area contributed by atoms with Gasteiger partial charge in [-0.3, -0.25) is 19.4 Å². The first-order valence-electron chi connectivity index (χ1n) is 7.90. The van der Waals surface area contributed by atoms with E-state index in [4.69, 9.17) is 4.74 Å². The molecule has 0 bridgehead atoms. The number of amides is 3. The number of imide groups is 1. The zero-order valence-corrected chi connectivity index (χ0v) is 14.0. The fourth-order valence-corrected chi connectivity index (χ4v) is 2.90. The third kappa shape index (κ3) is 2.98. The SMILES string of the molecule is COc1ccccc1C(=O)CN1C(=O)[C@@H](C)N(c2ccccc2)C1=O. The molecule has 128 valence electrons. The van der Waals surface area contributed by atoms with E-state index in [1.165, 1.54) is 12.0 Å². The maximum absolute atomic E-state index is 12.7. The quantitative estimate of drug-likeness (QED) is 0.621. The summed E-state index contributed by atoms with van der Waals surface area (Å²) < 4.78 is 5.18. The average molecular weight is 338 g/mol. The fourth-order valence-electron chi connectivity index (χ4n) is 2.90. The van der Waals surface area contributed by atoms with Crippen molar-refractivity contribution in [3.05, 3.63) is 60.2 Å². The van der Waals surface area contributed by atoms with Crippen molar-refractivity contribution in [3.8, 4) is 5.75 Å². The van der Waals surface area contributed by atoms with Crippen molar-refractivity contribution in [2.75, 3.05) is 18.6 Å². The molecule has 3 amide bonds. The van der Waals surface area contributed by atoms with Gasteiger partial charge >= 0.3 is 6.03 Å². The lowest BCUT2D eigenvalue weighted by Crippen LogP contribution is -2.37. The van der Waals surface area contributed by atoms with Crippen LogP contribution in [-0.2, 0) is 4.79 Å².